The Morgan fingerprint density at radius 3 is 2.90 bits per heavy atom. The van der Waals surface area contributed by atoms with Crippen LogP contribution in [0.5, 0.6) is 5.75 Å². The standard InChI is InChI=1S/C14H15NO5/c1-2-19-9-3-4-10-11(14(18)15-5-6-16)8-13(17)20-12(10)7-9/h3-4,7-8,16H,2,5-6H2,1H3,(H,15,18). The molecule has 0 spiro atoms. The molecular weight excluding hydrogens is 262 g/mol. The molecule has 1 aromatic heterocycles. The molecule has 0 bridgehead atoms. The molecule has 1 amide bonds. The minimum Gasteiger partial charge on any atom is -0.494 e. The zero-order valence-electron chi connectivity index (χ0n) is 11.0. The zero-order chi connectivity index (χ0) is 14.5. The molecule has 1 heterocycles. The monoisotopic (exact) mass is 277 g/mol. The Kier molecular flexibility index (Phi) is 4.37. The van der Waals surface area contributed by atoms with Crippen molar-refractivity contribution in [3.8, 4) is 5.75 Å². The number of aliphatic hydroxyl groups excluding tert-OH is 1. The normalized spacial score (nSPS) is 10.5. The van der Waals surface area contributed by atoms with E-state index in [2.05, 4.69) is 5.32 Å². The predicted molar refractivity (Wildman–Crippen MR) is 73.1 cm³/mol. The summed E-state index contributed by atoms with van der Waals surface area (Å²) in [6.07, 6.45) is 0. The number of ether oxygens (including phenoxy) is 1. The molecule has 0 atom stereocenters. The van der Waals surface area contributed by atoms with Crippen LogP contribution in [0.2, 0.25) is 0 Å². The number of hydrogen-bond acceptors (Lipinski definition) is 5. The predicted octanol–water partition coefficient (Wildman–Crippen LogP) is 0.914. The van der Waals surface area contributed by atoms with Gasteiger partial charge in [0.1, 0.15) is 11.3 Å². The molecule has 2 rings (SSSR count). The van der Waals surface area contributed by atoms with E-state index in [1.807, 2.05) is 6.92 Å². The van der Waals surface area contributed by atoms with Crippen LogP contribution < -0.4 is 15.7 Å². The molecule has 2 N–H and O–H groups in total. The lowest BCUT2D eigenvalue weighted by Gasteiger charge is -2.08. The van der Waals surface area contributed by atoms with Gasteiger partial charge in [-0.15, -0.1) is 0 Å². The van der Waals surface area contributed by atoms with Crippen LogP contribution >= 0.6 is 0 Å². The first-order valence-electron chi connectivity index (χ1n) is 6.25. The van der Waals surface area contributed by atoms with E-state index in [0.717, 1.165) is 6.07 Å². The smallest absolute Gasteiger partial charge is 0.337 e. The first-order chi connectivity index (χ1) is 9.65. The van der Waals surface area contributed by atoms with Gasteiger partial charge in [0.2, 0.25) is 0 Å². The Balaban J connectivity index is 2.49. The average Bonchev–Trinajstić information content (AvgIpc) is 2.43. The fraction of sp³-hybridized carbons (Fsp3) is 0.286. The SMILES string of the molecule is CCOc1ccc2c(C(=O)NCCO)cc(=O)oc2c1. The number of amides is 1. The highest BCUT2D eigenvalue weighted by Gasteiger charge is 2.13. The molecule has 106 valence electrons. The van der Waals surface area contributed by atoms with E-state index >= 15 is 0 Å². The van der Waals surface area contributed by atoms with E-state index < -0.39 is 11.5 Å². The third-order valence-corrected chi connectivity index (χ3v) is 2.67. The maximum atomic E-state index is 11.9. The van der Waals surface area contributed by atoms with Crippen LogP contribution in [-0.2, 0) is 0 Å². The van der Waals surface area contributed by atoms with Crippen LogP contribution in [0.15, 0.2) is 33.5 Å². The zero-order valence-corrected chi connectivity index (χ0v) is 11.0. The van der Waals surface area contributed by atoms with Crippen LogP contribution in [-0.4, -0.2) is 30.8 Å². The molecule has 0 saturated carbocycles. The van der Waals surface area contributed by atoms with Crippen LogP contribution in [0.3, 0.4) is 0 Å². The van der Waals surface area contributed by atoms with Gasteiger partial charge in [-0.2, -0.15) is 0 Å². The summed E-state index contributed by atoms with van der Waals surface area (Å²) in [6, 6.07) is 6.07. The summed E-state index contributed by atoms with van der Waals surface area (Å²) >= 11 is 0. The molecule has 2 aromatic rings. The maximum Gasteiger partial charge on any atom is 0.337 e. The van der Waals surface area contributed by atoms with Crippen molar-refractivity contribution in [1.82, 2.24) is 5.32 Å². The van der Waals surface area contributed by atoms with E-state index in [-0.39, 0.29) is 24.3 Å². The molecule has 0 radical (unpaired) electrons. The topological polar surface area (TPSA) is 88.8 Å². The minimum absolute atomic E-state index is 0.123. The third-order valence-electron chi connectivity index (χ3n) is 2.67. The van der Waals surface area contributed by atoms with Crippen molar-refractivity contribution in [2.45, 2.75) is 6.92 Å². The number of benzene rings is 1. The van der Waals surface area contributed by atoms with Crippen molar-refractivity contribution in [3.05, 3.63) is 40.2 Å². The first kappa shape index (κ1) is 14.1. The molecule has 0 saturated heterocycles. The number of hydrogen-bond donors (Lipinski definition) is 2. The summed E-state index contributed by atoms with van der Waals surface area (Å²) in [5.41, 5.74) is -0.106. The van der Waals surface area contributed by atoms with E-state index in [9.17, 15) is 9.59 Å². The van der Waals surface area contributed by atoms with Gasteiger partial charge in [0.05, 0.1) is 18.8 Å². The lowest BCUT2D eigenvalue weighted by Crippen LogP contribution is -2.27. The number of carbonyl (C=O) groups excluding carboxylic acids is 1. The average molecular weight is 277 g/mol. The van der Waals surface area contributed by atoms with Gasteiger partial charge in [-0.25, -0.2) is 4.79 Å². The lowest BCUT2D eigenvalue weighted by molar-refractivity contribution is 0.0946. The molecular formula is C14H15NO5. The molecule has 0 fully saturated rings. The molecule has 0 aliphatic rings. The summed E-state index contributed by atoms with van der Waals surface area (Å²) < 4.78 is 10.4. The van der Waals surface area contributed by atoms with Crippen molar-refractivity contribution in [2.75, 3.05) is 19.8 Å². The van der Waals surface area contributed by atoms with Crippen LogP contribution in [0.1, 0.15) is 17.3 Å². The Bertz CT molecular complexity index is 677. The maximum absolute atomic E-state index is 11.9. The van der Waals surface area contributed by atoms with Crippen LogP contribution in [0, 0.1) is 0 Å². The Morgan fingerprint density at radius 1 is 1.40 bits per heavy atom. The molecule has 0 aliphatic heterocycles. The van der Waals surface area contributed by atoms with Crippen molar-refractivity contribution in [1.29, 1.82) is 0 Å². The molecule has 6 heteroatoms. The Hall–Kier alpha value is -2.34. The van der Waals surface area contributed by atoms with Crippen molar-refractivity contribution in [3.63, 3.8) is 0 Å². The quantitative estimate of drug-likeness (QED) is 0.793. The van der Waals surface area contributed by atoms with Crippen LogP contribution in [0.25, 0.3) is 11.0 Å². The van der Waals surface area contributed by atoms with Gasteiger partial charge in [0.25, 0.3) is 5.91 Å². The van der Waals surface area contributed by atoms with Crippen molar-refractivity contribution in [2.24, 2.45) is 0 Å². The van der Waals surface area contributed by atoms with Crippen LogP contribution in [0.4, 0.5) is 0 Å². The number of carbonyl (C=O) groups is 1. The fourth-order valence-electron chi connectivity index (χ4n) is 1.85. The highest BCUT2D eigenvalue weighted by Crippen LogP contribution is 2.22. The van der Waals surface area contributed by atoms with E-state index in [1.165, 1.54) is 0 Å². The lowest BCUT2D eigenvalue weighted by atomic mass is 10.1. The molecule has 1 aromatic carbocycles. The van der Waals surface area contributed by atoms with Gasteiger partial charge in [-0.05, 0) is 19.1 Å². The van der Waals surface area contributed by atoms with Crippen molar-refractivity contribution >= 4 is 16.9 Å². The Labute approximate surface area is 115 Å². The van der Waals surface area contributed by atoms with E-state index in [0.29, 0.717) is 17.7 Å². The minimum atomic E-state index is -0.611. The molecule has 0 aliphatic carbocycles. The summed E-state index contributed by atoms with van der Waals surface area (Å²) in [5, 5.41) is 11.7. The number of aliphatic hydroxyl groups is 1. The highest BCUT2D eigenvalue weighted by atomic mass is 16.5. The van der Waals surface area contributed by atoms with Gasteiger partial charge in [-0.3, -0.25) is 4.79 Å². The van der Waals surface area contributed by atoms with Gasteiger partial charge in [0, 0.05) is 24.1 Å². The van der Waals surface area contributed by atoms with E-state index in [4.69, 9.17) is 14.3 Å². The van der Waals surface area contributed by atoms with Gasteiger partial charge in [0.15, 0.2) is 0 Å². The van der Waals surface area contributed by atoms with Gasteiger partial charge in [-0.1, -0.05) is 0 Å². The second kappa shape index (κ2) is 6.21. The van der Waals surface area contributed by atoms with Gasteiger partial charge < -0.3 is 19.6 Å². The number of rotatable bonds is 5. The molecule has 6 nitrogen and oxygen atoms in total. The number of fused-ring (bicyclic) bond motifs is 1. The summed E-state index contributed by atoms with van der Waals surface area (Å²) in [4.78, 5) is 23.5. The largest absolute Gasteiger partial charge is 0.494 e. The second-order valence-corrected chi connectivity index (χ2v) is 4.05. The van der Waals surface area contributed by atoms with E-state index in [1.54, 1.807) is 18.2 Å². The van der Waals surface area contributed by atoms with Gasteiger partial charge >= 0.3 is 5.63 Å². The second-order valence-electron chi connectivity index (χ2n) is 4.05. The third kappa shape index (κ3) is 2.97. The first-order valence-corrected chi connectivity index (χ1v) is 6.25. The highest BCUT2D eigenvalue weighted by molar-refractivity contribution is 6.05. The molecule has 0 unspecified atom stereocenters. The molecule has 20 heavy (non-hydrogen) atoms. The fourth-order valence-corrected chi connectivity index (χ4v) is 1.85. The summed E-state index contributed by atoms with van der Waals surface area (Å²) in [5.74, 6) is 0.136. The Morgan fingerprint density at radius 2 is 2.20 bits per heavy atom. The summed E-state index contributed by atoms with van der Waals surface area (Å²) in [6.45, 7) is 2.29. The van der Waals surface area contributed by atoms with Crippen molar-refractivity contribution < 1.29 is 19.1 Å². The summed E-state index contributed by atoms with van der Waals surface area (Å²) in [7, 11) is 0. The number of nitrogens with one attached hydrogen (secondary N) is 1.